The summed E-state index contributed by atoms with van der Waals surface area (Å²) in [5, 5.41) is 13.2. The molecule has 1 aromatic carbocycles. The van der Waals surface area contributed by atoms with Crippen LogP contribution >= 0.6 is 15.9 Å². The monoisotopic (exact) mass is 385 g/mol. The number of carbonyl (C=O) groups excluding carboxylic acids is 2. The largest absolute Gasteiger partial charge is 0.496 e. The van der Waals surface area contributed by atoms with Gasteiger partial charge in [-0.25, -0.2) is 4.79 Å². The highest BCUT2D eigenvalue weighted by molar-refractivity contribution is 9.09. The van der Waals surface area contributed by atoms with E-state index in [-0.39, 0.29) is 11.3 Å². The number of alkyl halides is 1. The van der Waals surface area contributed by atoms with E-state index in [2.05, 4.69) is 21.2 Å². The van der Waals surface area contributed by atoms with Gasteiger partial charge in [0.05, 0.1) is 12.0 Å². The molecule has 23 heavy (non-hydrogen) atoms. The van der Waals surface area contributed by atoms with Crippen LogP contribution < -0.4 is 10.1 Å². The summed E-state index contributed by atoms with van der Waals surface area (Å²) >= 11 is 3.18. The molecule has 2 rings (SSSR count). The Morgan fingerprint density at radius 3 is 2.61 bits per heavy atom. The minimum atomic E-state index is -0.941. The molecule has 1 N–H and O–H groups in total. The number of imide groups is 1. The van der Waals surface area contributed by atoms with Gasteiger partial charge in [-0.05, 0) is 18.9 Å². The highest BCUT2D eigenvalue weighted by Gasteiger charge is 2.27. The van der Waals surface area contributed by atoms with Crippen LogP contribution in [0.5, 0.6) is 5.75 Å². The number of likely N-dealkylation sites (tertiary alicyclic amines) is 1. The Morgan fingerprint density at radius 2 is 2.04 bits per heavy atom. The van der Waals surface area contributed by atoms with Crippen LogP contribution in [0.4, 0.5) is 10.5 Å². The second kappa shape index (κ2) is 7.40. The summed E-state index contributed by atoms with van der Waals surface area (Å²) in [5.41, 5.74) is 0.123. The van der Waals surface area contributed by atoms with Gasteiger partial charge < -0.3 is 9.64 Å². The number of carbonyl (C=O) groups is 2. The zero-order valence-electron chi connectivity index (χ0n) is 12.5. The summed E-state index contributed by atoms with van der Waals surface area (Å²) in [6, 6.07) is 3.49. The van der Waals surface area contributed by atoms with Gasteiger partial charge in [-0.1, -0.05) is 15.9 Å². The molecule has 3 amide bonds. The molecule has 0 spiro atoms. The van der Waals surface area contributed by atoms with E-state index in [0.717, 1.165) is 12.8 Å². The minimum absolute atomic E-state index is 0.163. The first kappa shape index (κ1) is 17.2. The van der Waals surface area contributed by atoms with E-state index in [1.54, 1.807) is 4.90 Å². The number of amides is 3. The lowest BCUT2D eigenvalue weighted by Crippen LogP contribution is -2.42. The lowest BCUT2D eigenvalue weighted by atomic mass is 10.1. The van der Waals surface area contributed by atoms with E-state index in [4.69, 9.17) is 4.74 Å². The number of rotatable bonds is 4. The zero-order valence-corrected chi connectivity index (χ0v) is 14.0. The number of nitro benzene ring substituents is 1. The Kier molecular flexibility index (Phi) is 5.54. The van der Waals surface area contributed by atoms with Gasteiger partial charge in [0, 0.05) is 30.8 Å². The van der Waals surface area contributed by atoms with Crippen molar-refractivity contribution < 1.29 is 19.2 Å². The summed E-state index contributed by atoms with van der Waals surface area (Å²) in [6.07, 6.45) is 1.83. The topological polar surface area (TPSA) is 102 Å². The third-order valence-corrected chi connectivity index (χ3v) is 4.46. The SMILES string of the molecule is COc1ccc([N+](=O)[O-])cc1[C@H](Br)C(=O)NC(=O)N1CCCC1. The first-order valence-electron chi connectivity index (χ1n) is 7.00. The van der Waals surface area contributed by atoms with E-state index in [1.165, 1.54) is 25.3 Å². The fourth-order valence-electron chi connectivity index (χ4n) is 2.34. The van der Waals surface area contributed by atoms with E-state index in [0.29, 0.717) is 18.8 Å². The number of nitrogens with zero attached hydrogens (tertiary/aromatic N) is 2. The van der Waals surface area contributed by atoms with Crippen molar-refractivity contribution in [2.45, 2.75) is 17.7 Å². The van der Waals surface area contributed by atoms with Gasteiger partial charge in [-0.3, -0.25) is 20.2 Å². The molecule has 1 fully saturated rings. The summed E-state index contributed by atoms with van der Waals surface area (Å²) in [5.74, 6) is -0.276. The molecule has 124 valence electrons. The number of halogens is 1. The Hall–Kier alpha value is -2.16. The van der Waals surface area contributed by atoms with Crippen LogP contribution in [0.1, 0.15) is 23.2 Å². The zero-order chi connectivity index (χ0) is 17.0. The smallest absolute Gasteiger partial charge is 0.324 e. The molecule has 9 heteroatoms. The van der Waals surface area contributed by atoms with Gasteiger partial charge in [0.1, 0.15) is 10.6 Å². The maximum atomic E-state index is 12.2. The number of urea groups is 1. The molecule has 0 radical (unpaired) electrons. The van der Waals surface area contributed by atoms with Crippen molar-refractivity contribution in [3.05, 3.63) is 33.9 Å². The fourth-order valence-corrected chi connectivity index (χ4v) is 2.81. The lowest BCUT2D eigenvalue weighted by molar-refractivity contribution is -0.384. The number of hydrogen-bond acceptors (Lipinski definition) is 5. The first-order chi connectivity index (χ1) is 10.9. The van der Waals surface area contributed by atoms with Crippen molar-refractivity contribution in [3.8, 4) is 5.75 Å². The molecule has 1 atom stereocenters. The quantitative estimate of drug-likeness (QED) is 0.486. The maximum absolute atomic E-state index is 12.2. The number of benzene rings is 1. The first-order valence-corrected chi connectivity index (χ1v) is 7.91. The number of ether oxygens (including phenoxy) is 1. The predicted octanol–water partition coefficient (Wildman–Crippen LogP) is 2.37. The predicted molar refractivity (Wildman–Crippen MR) is 85.7 cm³/mol. The molecule has 8 nitrogen and oxygen atoms in total. The third kappa shape index (κ3) is 3.98. The fraction of sp³-hybridized carbons (Fsp3) is 0.429. The molecule has 0 bridgehead atoms. The average molecular weight is 386 g/mol. The molecule has 1 heterocycles. The van der Waals surface area contributed by atoms with Gasteiger partial charge in [0.2, 0.25) is 5.91 Å². The molecular weight excluding hydrogens is 370 g/mol. The highest BCUT2D eigenvalue weighted by Crippen LogP contribution is 2.34. The molecule has 0 aliphatic carbocycles. The molecule has 1 aromatic rings. The van der Waals surface area contributed by atoms with Crippen LogP contribution in [0.3, 0.4) is 0 Å². The van der Waals surface area contributed by atoms with Crippen LogP contribution in [0, 0.1) is 10.1 Å². The standard InChI is InChI=1S/C14H16BrN3O5/c1-23-11-5-4-9(18(21)22)8-10(11)12(15)13(19)16-14(20)17-6-2-3-7-17/h4-5,8,12H,2-3,6-7H2,1H3,(H,16,19,20)/t12-/m0/s1. The van der Waals surface area contributed by atoms with Crippen LogP contribution in [-0.4, -0.2) is 42.0 Å². The molecule has 1 aliphatic rings. The van der Waals surface area contributed by atoms with Crippen molar-refractivity contribution >= 4 is 33.6 Å². The van der Waals surface area contributed by atoms with Crippen molar-refractivity contribution in [2.75, 3.05) is 20.2 Å². The van der Waals surface area contributed by atoms with Crippen molar-refractivity contribution in [2.24, 2.45) is 0 Å². The number of nitrogens with one attached hydrogen (secondary N) is 1. The van der Waals surface area contributed by atoms with Gasteiger partial charge in [-0.15, -0.1) is 0 Å². The second-order valence-corrected chi connectivity index (χ2v) is 5.95. The van der Waals surface area contributed by atoms with Gasteiger partial charge in [0.15, 0.2) is 0 Å². The van der Waals surface area contributed by atoms with Gasteiger partial charge in [-0.2, -0.15) is 0 Å². The van der Waals surface area contributed by atoms with Crippen LogP contribution in [0.15, 0.2) is 18.2 Å². The molecular formula is C14H16BrN3O5. The summed E-state index contributed by atoms with van der Waals surface area (Å²) < 4.78 is 5.13. The number of hydrogen-bond donors (Lipinski definition) is 1. The Balaban J connectivity index is 2.16. The van der Waals surface area contributed by atoms with E-state index < -0.39 is 21.7 Å². The van der Waals surface area contributed by atoms with Crippen molar-refractivity contribution in [3.63, 3.8) is 0 Å². The minimum Gasteiger partial charge on any atom is -0.496 e. The van der Waals surface area contributed by atoms with Crippen molar-refractivity contribution in [1.82, 2.24) is 10.2 Å². The van der Waals surface area contributed by atoms with E-state index >= 15 is 0 Å². The molecule has 1 saturated heterocycles. The number of nitro groups is 1. The highest BCUT2D eigenvalue weighted by atomic mass is 79.9. The van der Waals surface area contributed by atoms with Crippen LogP contribution in [0.25, 0.3) is 0 Å². The molecule has 0 aromatic heterocycles. The molecule has 1 aliphatic heterocycles. The Bertz CT molecular complexity index is 631. The Labute approximate surface area is 141 Å². The number of methoxy groups -OCH3 is 1. The lowest BCUT2D eigenvalue weighted by Gasteiger charge is -2.18. The van der Waals surface area contributed by atoms with Crippen LogP contribution in [-0.2, 0) is 4.79 Å². The van der Waals surface area contributed by atoms with Crippen molar-refractivity contribution in [1.29, 1.82) is 0 Å². The normalized spacial score (nSPS) is 15.1. The summed E-state index contributed by atoms with van der Waals surface area (Å²) in [6.45, 7) is 1.23. The second-order valence-electron chi connectivity index (χ2n) is 5.03. The van der Waals surface area contributed by atoms with Crippen LogP contribution in [0.2, 0.25) is 0 Å². The summed E-state index contributed by atoms with van der Waals surface area (Å²) in [4.78, 5) is 35.1. The average Bonchev–Trinajstić information content (AvgIpc) is 3.07. The van der Waals surface area contributed by atoms with Gasteiger partial charge in [0.25, 0.3) is 5.69 Å². The molecule has 0 saturated carbocycles. The summed E-state index contributed by atoms with van der Waals surface area (Å²) in [7, 11) is 1.40. The maximum Gasteiger partial charge on any atom is 0.324 e. The Morgan fingerprint density at radius 1 is 1.39 bits per heavy atom. The van der Waals surface area contributed by atoms with Gasteiger partial charge >= 0.3 is 6.03 Å². The van der Waals surface area contributed by atoms with E-state index in [1.807, 2.05) is 0 Å². The van der Waals surface area contributed by atoms with E-state index in [9.17, 15) is 19.7 Å². The molecule has 0 unspecified atom stereocenters. The third-order valence-electron chi connectivity index (χ3n) is 3.55. The number of non-ortho nitro benzene ring substituents is 1.